The molecule has 0 spiro atoms. The van der Waals surface area contributed by atoms with E-state index >= 15 is 0 Å². The number of aliphatic imine (C=N–C) groups is 1. The summed E-state index contributed by atoms with van der Waals surface area (Å²) < 4.78 is 0. The van der Waals surface area contributed by atoms with Crippen LogP contribution in [0.5, 0.6) is 0 Å². The Morgan fingerprint density at radius 1 is 1.40 bits per heavy atom. The van der Waals surface area contributed by atoms with Crippen LogP contribution in [0.1, 0.15) is 12.0 Å². The van der Waals surface area contributed by atoms with Gasteiger partial charge in [0, 0.05) is 25.5 Å². The second-order valence-corrected chi connectivity index (χ2v) is 4.76. The zero-order valence-corrected chi connectivity index (χ0v) is 11.6. The maximum Gasteiger partial charge on any atom is 0.290 e. The number of para-hydroxylation sites is 1. The quantitative estimate of drug-likeness (QED) is 0.385. The van der Waals surface area contributed by atoms with Gasteiger partial charge in [0.2, 0.25) is 0 Å². The Bertz CT molecular complexity index is 623. The smallest absolute Gasteiger partial charge is 0.290 e. The maximum atomic E-state index is 11.9. The summed E-state index contributed by atoms with van der Waals surface area (Å²) in [4.78, 5) is 17.4. The first kappa shape index (κ1) is 13.8. The molecule has 1 N–H and O–H groups in total. The minimum Gasteiger partial charge on any atom is -0.369 e. The van der Waals surface area contributed by atoms with E-state index in [4.69, 9.17) is 0 Å². The fraction of sp³-hybridized carbons (Fsp3) is 0.267. The lowest BCUT2D eigenvalue weighted by molar-refractivity contribution is -0.114. The summed E-state index contributed by atoms with van der Waals surface area (Å²) in [6, 6.07) is 9.84. The molecular formula is C15H16N4O. The lowest BCUT2D eigenvalue weighted by atomic mass is 9.99. The van der Waals surface area contributed by atoms with Gasteiger partial charge in [-0.3, -0.25) is 4.79 Å². The lowest BCUT2D eigenvalue weighted by Gasteiger charge is -2.21. The average Bonchev–Trinajstić information content (AvgIpc) is 2.45. The van der Waals surface area contributed by atoms with Crippen LogP contribution in [-0.2, 0) is 11.2 Å². The summed E-state index contributed by atoms with van der Waals surface area (Å²) in [6.45, 7) is 0. The highest BCUT2D eigenvalue weighted by molar-refractivity contribution is 6.02. The monoisotopic (exact) mass is 268 g/mol. The highest BCUT2D eigenvalue weighted by atomic mass is 16.1. The number of nitriles is 1. The van der Waals surface area contributed by atoms with Crippen molar-refractivity contribution in [2.24, 2.45) is 4.99 Å². The molecule has 1 amide bonds. The van der Waals surface area contributed by atoms with Gasteiger partial charge in [-0.15, -0.1) is 0 Å². The van der Waals surface area contributed by atoms with Crippen molar-refractivity contribution in [1.82, 2.24) is 4.90 Å². The molecule has 0 unspecified atom stereocenters. The van der Waals surface area contributed by atoms with E-state index in [9.17, 15) is 10.1 Å². The molecule has 2 rings (SSSR count). The number of carbonyl (C=O) groups is 1. The Morgan fingerprint density at radius 2 is 2.15 bits per heavy atom. The number of allylic oxidation sites excluding steroid dienone is 1. The number of rotatable bonds is 2. The molecule has 1 aromatic carbocycles. The summed E-state index contributed by atoms with van der Waals surface area (Å²) in [6.07, 6.45) is 2.86. The molecule has 5 heteroatoms. The fourth-order valence-corrected chi connectivity index (χ4v) is 2.01. The first-order valence-corrected chi connectivity index (χ1v) is 6.35. The standard InChI is InChI=1S/C15H16N4O/c1-19(2)10-17-15(20)12(9-16)14-8-7-11-5-3-4-6-13(11)18-14/h3-6,10,18H,7-8H2,1-2H3/b14-12+,17-10?. The number of anilines is 1. The van der Waals surface area contributed by atoms with E-state index in [0.717, 1.165) is 12.1 Å². The number of amides is 1. The van der Waals surface area contributed by atoms with Crippen molar-refractivity contribution >= 4 is 17.9 Å². The van der Waals surface area contributed by atoms with Crippen LogP contribution < -0.4 is 5.32 Å². The van der Waals surface area contributed by atoms with Gasteiger partial charge in [-0.1, -0.05) is 18.2 Å². The van der Waals surface area contributed by atoms with Gasteiger partial charge in [-0.2, -0.15) is 10.3 Å². The van der Waals surface area contributed by atoms with Gasteiger partial charge in [0.25, 0.3) is 5.91 Å². The Hall–Kier alpha value is -2.61. The van der Waals surface area contributed by atoms with Crippen LogP contribution >= 0.6 is 0 Å². The van der Waals surface area contributed by atoms with Gasteiger partial charge in [-0.05, 0) is 24.5 Å². The van der Waals surface area contributed by atoms with E-state index in [1.54, 1.807) is 19.0 Å². The first-order valence-electron chi connectivity index (χ1n) is 6.35. The zero-order chi connectivity index (χ0) is 14.5. The molecule has 0 radical (unpaired) electrons. The predicted molar refractivity (Wildman–Crippen MR) is 78.2 cm³/mol. The molecule has 0 aliphatic carbocycles. The number of nitrogens with one attached hydrogen (secondary N) is 1. The summed E-state index contributed by atoms with van der Waals surface area (Å²) in [5.41, 5.74) is 2.87. The molecule has 0 saturated heterocycles. The van der Waals surface area contributed by atoms with Crippen molar-refractivity contribution < 1.29 is 4.79 Å². The number of benzene rings is 1. The van der Waals surface area contributed by atoms with Gasteiger partial charge in [-0.25, -0.2) is 0 Å². The molecule has 1 aliphatic rings. The molecule has 0 bridgehead atoms. The average molecular weight is 268 g/mol. The predicted octanol–water partition coefficient (Wildman–Crippen LogP) is 1.94. The van der Waals surface area contributed by atoms with Gasteiger partial charge >= 0.3 is 0 Å². The topological polar surface area (TPSA) is 68.5 Å². The zero-order valence-electron chi connectivity index (χ0n) is 11.6. The van der Waals surface area contributed by atoms with Gasteiger partial charge in [0.15, 0.2) is 0 Å². The number of aryl methyl sites for hydroxylation is 1. The van der Waals surface area contributed by atoms with Crippen LogP contribution in [-0.4, -0.2) is 31.2 Å². The first-order chi connectivity index (χ1) is 9.61. The second-order valence-electron chi connectivity index (χ2n) is 4.76. The Labute approximate surface area is 118 Å². The summed E-state index contributed by atoms with van der Waals surface area (Å²) in [5, 5.41) is 12.4. The largest absolute Gasteiger partial charge is 0.369 e. The third-order valence-electron chi connectivity index (χ3n) is 2.98. The Kier molecular flexibility index (Phi) is 4.16. The van der Waals surface area contributed by atoms with E-state index in [1.807, 2.05) is 30.3 Å². The highest BCUT2D eigenvalue weighted by Crippen LogP contribution is 2.27. The van der Waals surface area contributed by atoms with Crippen LogP contribution in [0, 0.1) is 11.3 Å². The Morgan fingerprint density at radius 3 is 2.85 bits per heavy atom. The lowest BCUT2D eigenvalue weighted by Crippen LogP contribution is -2.16. The molecule has 102 valence electrons. The van der Waals surface area contributed by atoms with Gasteiger partial charge in [0.05, 0.1) is 6.34 Å². The number of hydrogen-bond acceptors (Lipinski definition) is 3. The summed E-state index contributed by atoms with van der Waals surface area (Å²) in [7, 11) is 3.54. The molecule has 0 atom stereocenters. The molecule has 1 aliphatic heterocycles. The number of fused-ring (bicyclic) bond motifs is 1. The van der Waals surface area contributed by atoms with Crippen LogP contribution in [0.4, 0.5) is 5.69 Å². The van der Waals surface area contributed by atoms with E-state index in [1.165, 1.54) is 11.9 Å². The molecule has 0 saturated carbocycles. The minimum atomic E-state index is -0.511. The molecule has 1 heterocycles. The van der Waals surface area contributed by atoms with Crippen molar-refractivity contribution in [1.29, 1.82) is 5.26 Å². The van der Waals surface area contributed by atoms with Crippen LogP contribution in [0.3, 0.4) is 0 Å². The molecule has 0 aromatic heterocycles. The molecule has 20 heavy (non-hydrogen) atoms. The van der Waals surface area contributed by atoms with Crippen molar-refractivity contribution in [2.75, 3.05) is 19.4 Å². The van der Waals surface area contributed by atoms with Crippen molar-refractivity contribution in [3.63, 3.8) is 0 Å². The molecule has 0 fully saturated rings. The van der Waals surface area contributed by atoms with Crippen LogP contribution in [0.15, 0.2) is 40.5 Å². The van der Waals surface area contributed by atoms with E-state index < -0.39 is 5.91 Å². The third-order valence-corrected chi connectivity index (χ3v) is 2.98. The van der Waals surface area contributed by atoms with Gasteiger partial charge in [0.1, 0.15) is 11.6 Å². The van der Waals surface area contributed by atoms with E-state index in [-0.39, 0.29) is 5.57 Å². The number of hydrogen-bond donors (Lipinski definition) is 1. The fourth-order valence-electron chi connectivity index (χ4n) is 2.01. The van der Waals surface area contributed by atoms with Crippen molar-refractivity contribution in [3.05, 3.63) is 41.1 Å². The SMILES string of the molecule is CN(C)C=NC(=O)/C(C#N)=C1\CCc2ccccc2N1. The second kappa shape index (κ2) is 6.02. The summed E-state index contributed by atoms with van der Waals surface area (Å²) >= 11 is 0. The van der Waals surface area contributed by atoms with Crippen molar-refractivity contribution in [3.8, 4) is 6.07 Å². The third kappa shape index (κ3) is 3.04. The maximum absolute atomic E-state index is 11.9. The molecule has 1 aromatic rings. The minimum absolute atomic E-state index is 0.0811. The van der Waals surface area contributed by atoms with Crippen LogP contribution in [0.2, 0.25) is 0 Å². The molecular weight excluding hydrogens is 252 g/mol. The van der Waals surface area contributed by atoms with E-state index in [2.05, 4.69) is 10.3 Å². The Balaban J connectivity index is 2.28. The number of carbonyl (C=O) groups excluding carboxylic acids is 1. The normalized spacial score (nSPS) is 16.1. The number of nitrogens with zero attached hydrogens (tertiary/aromatic N) is 3. The van der Waals surface area contributed by atoms with Gasteiger partial charge < -0.3 is 10.2 Å². The van der Waals surface area contributed by atoms with E-state index in [0.29, 0.717) is 12.1 Å². The highest BCUT2D eigenvalue weighted by Gasteiger charge is 2.19. The molecule has 5 nitrogen and oxygen atoms in total. The van der Waals surface area contributed by atoms with Crippen molar-refractivity contribution in [2.45, 2.75) is 12.8 Å². The summed E-state index contributed by atoms with van der Waals surface area (Å²) in [5.74, 6) is -0.511. The van der Waals surface area contributed by atoms with Crippen LogP contribution in [0.25, 0.3) is 0 Å².